The fourth-order valence-corrected chi connectivity index (χ4v) is 2.46. The minimum Gasteiger partial charge on any atom is -0.300 e. The average molecular weight is 193 g/mol. The van der Waals surface area contributed by atoms with Gasteiger partial charge < -0.3 is 9.79 Å². The van der Waals surface area contributed by atoms with Crippen molar-refractivity contribution in [2.45, 2.75) is 0 Å². The van der Waals surface area contributed by atoms with Crippen LogP contribution in [0.5, 0.6) is 0 Å². The van der Waals surface area contributed by atoms with E-state index in [0.29, 0.717) is 0 Å². The van der Waals surface area contributed by atoms with E-state index < -0.39 is 13.9 Å². The Balaban J connectivity index is 3.74. The van der Waals surface area contributed by atoms with E-state index in [-0.39, 0.29) is 0 Å². The molecule has 0 aromatic carbocycles. The highest BCUT2D eigenvalue weighted by atomic mass is 32.9. The Morgan fingerprint density at radius 1 is 1.75 bits per heavy atom. The van der Waals surface area contributed by atoms with Crippen molar-refractivity contribution in [3.05, 3.63) is 0 Å². The minimum absolute atomic E-state index is 1.67. The van der Waals surface area contributed by atoms with Crippen LogP contribution in [0.1, 0.15) is 0 Å². The number of phosphoric acid groups is 1. The summed E-state index contributed by atoms with van der Waals surface area (Å²) in [7, 11) is -4.37. The summed E-state index contributed by atoms with van der Waals surface area (Å²) in [4.78, 5) is 16.0. The molecule has 0 saturated heterocycles. The topological polar surface area (TPSA) is 66.8 Å². The molecule has 0 aliphatic heterocycles. The first-order chi connectivity index (χ1) is 3.42. The highest BCUT2D eigenvalue weighted by Crippen LogP contribution is 2.49. The van der Waals surface area contributed by atoms with Gasteiger partial charge in [-0.1, -0.05) is 0 Å². The molecule has 0 aromatic rings. The van der Waals surface area contributed by atoms with Crippen molar-refractivity contribution in [1.29, 1.82) is 0 Å². The summed E-state index contributed by atoms with van der Waals surface area (Å²) in [6.07, 6.45) is -1.67. The zero-order valence-corrected chi connectivity index (χ0v) is 6.96. The molecule has 8 heteroatoms. The lowest BCUT2D eigenvalue weighted by molar-refractivity contribution is 0.297. The zero-order chi connectivity index (χ0) is 6.78. The number of hydrogen-bond donors (Lipinski definition) is 3. The average Bonchev–Trinajstić information content (AvgIpc) is 1.21. The van der Waals surface area contributed by atoms with E-state index in [2.05, 4.69) is 28.4 Å². The molecule has 0 aromatic heterocycles. The van der Waals surface area contributed by atoms with Gasteiger partial charge in [0.15, 0.2) is 0 Å². The lowest BCUT2D eigenvalue weighted by Gasteiger charge is -1.88. The summed E-state index contributed by atoms with van der Waals surface area (Å²) >= 11 is 7.70. The van der Waals surface area contributed by atoms with Crippen LogP contribution in [-0.2, 0) is 20.7 Å². The third-order valence-electron chi connectivity index (χ3n) is 0.176. The standard InChI is InChI=1S/H2O4P2S2/c1-6(2,3)4-5(7)8/h(H2-,1,2,3,7,8)/p+1. The van der Waals surface area contributed by atoms with Crippen molar-refractivity contribution in [2.24, 2.45) is 0 Å². The Labute approximate surface area is 57.2 Å². The lowest BCUT2D eigenvalue weighted by atomic mass is 15.7. The molecule has 0 spiro atoms. The van der Waals surface area contributed by atoms with E-state index in [9.17, 15) is 4.57 Å². The van der Waals surface area contributed by atoms with Gasteiger partial charge in [-0.2, -0.15) is 0 Å². The normalized spacial score (nSPS) is 13.6. The first kappa shape index (κ1) is 8.98. The molecule has 0 rings (SSSR count). The van der Waals surface area contributed by atoms with Crippen LogP contribution in [0.25, 0.3) is 0 Å². The van der Waals surface area contributed by atoms with Crippen LogP contribution in [-0.4, -0.2) is 9.79 Å². The third-order valence-corrected chi connectivity index (χ3v) is 2.84. The van der Waals surface area contributed by atoms with Crippen molar-refractivity contribution in [2.75, 3.05) is 0 Å². The summed E-state index contributed by atoms with van der Waals surface area (Å²) in [6, 6.07) is 0. The second kappa shape index (κ2) is 3.22. The van der Waals surface area contributed by atoms with Gasteiger partial charge in [0.05, 0.1) is 0 Å². The quantitative estimate of drug-likeness (QED) is 0.447. The Kier molecular flexibility index (Phi) is 3.62. The van der Waals surface area contributed by atoms with E-state index in [1.165, 1.54) is 0 Å². The molecular formula is H3O4P2S2+. The van der Waals surface area contributed by atoms with Gasteiger partial charge in [-0.3, -0.25) is 0 Å². The molecule has 0 heterocycles. The second-order valence-electron chi connectivity index (χ2n) is 0.810. The van der Waals surface area contributed by atoms with Crippen LogP contribution in [0.4, 0.5) is 0 Å². The molecule has 48 valence electrons. The molecule has 0 saturated carbocycles. The summed E-state index contributed by atoms with van der Waals surface area (Å²) in [6.45, 7) is 0. The van der Waals surface area contributed by atoms with Crippen molar-refractivity contribution < 1.29 is 18.7 Å². The van der Waals surface area contributed by atoms with E-state index >= 15 is 0 Å². The monoisotopic (exact) mass is 193 g/mol. The summed E-state index contributed by atoms with van der Waals surface area (Å²) < 4.78 is 13.7. The maximum absolute atomic E-state index is 9.81. The van der Waals surface area contributed by atoms with Crippen molar-refractivity contribution in [3.8, 4) is 0 Å². The third kappa shape index (κ3) is 6.98. The van der Waals surface area contributed by atoms with E-state index in [1.807, 2.05) is 0 Å². The lowest BCUT2D eigenvalue weighted by Crippen LogP contribution is -1.73. The molecule has 4 nitrogen and oxygen atoms in total. The van der Waals surface area contributed by atoms with E-state index in [0.717, 1.165) is 0 Å². The van der Waals surface area contributed by atoms with Gasteiger partial charge in [-0.05, 0) is 4.31 Å². The Hall–Kier alpha value is 0.980. The van der Waals surface area contributed by atoms with Gasteiger partial charge in [0, 0.05) is 0 Å². The van der Waals surface area contributed by atoms with Crippen molar-refractivity contribution in [3.63, 3.8) is 0 Å². The maximum atomic E-state index is 9.81. The van der Waals surface area contributed by atoms with Gasteiger partial charge in [0.2, 0.25) is 11.8 Å². The largest absolute Gasteiger partial charge is 0.511 e. The van der Waals surface area contributed by atoms with Gasteiger partial charge in [0.25, 0.3) is 0 Å². The molecule has 0 radical (unpaired) electrons. The van der Waals surface area contributed by atoms with Gasteiger partial charge in [-0.15, -0.1) is 0 Å². The highest BCUT2D eigenvalue weighted by molar-refractivity contribution is 8.54. The minimum atomic E-state index is -4.37. The van der Waals surface area contributed by atoms with Crippen LogP contribution in [0.3, 0.4) is 0 Å². The molecule has 0 aliphatic carbocycles. The predicted molar refractivity (Wildman–Crippen MR) is 36.4 cm³/mol. The van der Waals surface area contributed by atoms with Gasteiger partial charge in [0.1, 0.15) is 12.2 Å². The number of hydrogen-bond acceptors (Lipinski definition) is 3. The smallest absolute Gasteiger partial charge is 0.300 e. The van der Waals surface area contributed by atoms with Crippen molar-refractivity contribution in [1.82, 2.24) is 0 Å². The maximum Gasteiger partial charge on any atom is 0.511 e. The van der Waals surface area contributed by atoms with E-state index in [1.54, 1.807) is 0 Å². The van der Waals surface area contributed by atoms with Crippen LogP contribution >= 0.6 is 26.2 Å². The Morgan fingerprint density at radius 3 is 2.12 bits per heavy atom. The van der Waals surface area contributed by atoms with Crippen LogP contribution in [0, 0.1) is 0 Å². The molecule has 2 N–H and O–H groups in total. The van der Waals surface area contributed by atoms with Gasteiger partial charge >= 0.3 is 13.9 Å². The summed E-state index contributed by atoms with van der Waals surface area (Å²) in [5.74, 6) is 0. The van der Waals surface area contributed by atoms with E-state index in [4.69, 9.17) is 9.79 Å². The molecular weight excluding hydrogens is 190 g/mol. The molecule has 0 aliphatic rings. The highest BCUT2D eigenvalue weighted by Gasteiger charge is 2.24. The van der Waals surface area contributed by atoms with Crippen LogP contribution in [0.15, 0.2) is 0 Å². The predicted octanol–water partition coefficient (Wildman–Crippen LogP) is 0.799. The van der Waals surface area contributed by atoms with Gasteiger partial charge in [-0.25, -0.2) is 4.57 Å². The molecule has 0 bridgehead atoms. The summed E-state index contributed by atoms with van der Waals surface area (Å²) in [5.41, 5.74) is 0. The first-order valence-corrected chi connectivity index (χ1v) is 6.29. The molecule has 1 unspecified atom stereocenters. The van der Waals surface area contributed by atoms with Crippen LogP contribution < -0.4 is 0 Å². The molecule has 0 amide bonds. The fraction of sp³-hybridized carbons (Fsp3) is 0. The fourth-order valence-electron chi connectivity index (χ4n) is 0.0910. The number of thiol groups is 1. The SMILES string of the molecule is O=P(O)(O)O[P+](=S)S. The molecule has 0 fully saturated rings. The zero-order valence-electron chi connectivity index (χ0n) is 3.46. The van der Waals surface area contributed by atoms with Crippen LogP contribution in [0.2, 0.25) is 0 Å². The summed E-state index contributed by atoms with van der Waals surface area (Å²) in [5, 5.41) is 0. The molecule has 1 atom stereocenters. The Morgan fingerprint density at radius 2 is 2.12 bits per heavy atom. The Bertz CT molecular complexity index is 135. The second-order valence-corrected chi connectivity index (χ2v) is 5.82. The molecule has 8 heavy (non-hydrogen) atoms. The first-order valence-electron chi connectivity index (χ1n) is 1.33. The van der Waals surface area contributed by atoms with Crippen molar-refractivity contribution >= 4 is 38.0 Å². The number of rotatable bonds is 2.